The second-order valence-corrected chi connectivity index (χ2v) is 4.17. The molecule has 1 aromatic carbocycles. The lowest BCUT2D eigenvalue weighted by atomic mass is 10.1. The topological polar surface area (TPSA) is 67.2 Å². The lowest BCUT2D eigenvalue weighted by Crippen LogP contribution is -2.23. The van der Waals surface area contributed by atoms with Gasteiger partial charge in [0.15, 0.2) is 0 Å². The number of hydrogen-bond acceptors (Lipinski definition) is 3. The van der Waals surface area contributed by atoms with Crippen LogP contribution in [-0.2, 0) is 13.6 Å². The first-order valence-electron chi connectivity index (χ1n) is 5.63. The molecule has 1 aromatic heterocycles. The molecule has 1 heterocycles. The van der Waals surface area contributed by atoms with E-state index in [1.54, 1.807) is 19.2 Å². The number of nitrogens with one attached hydrogen (secondary N) is 1. The predicted octanol–water partition coefficient (Wildman–Crippen LogP) is 1.36. The highest BCUT2D eigenvalue weighted by Gasteiger charge is 2.07. The summed E-state index contributed by atoms with van der Waals surface area (Å²) >= 11 is 0. The molecule has 0 aliphatic carbocycles. The van der Waals surface area contributed by atoms with E-state index in [2.05, 4.69) is 10.4 Å². The number of rotatable bonds is 3. The third-order valence-corrected chi connectivity index (χ3v) is 2.65. The third-order valence-electron chi connectivity index (χ3n) is 2.65. The molecule has 0 saturated carbocycles. The molecule has 0 aliphatic heterocycles. The SMILES string of the molecule is Cc1ccc(C(=O)NCc2cc(O)n(C)n2)cc1. The van der Waals surface area contributed by atoms with Crippen LogP contribution >= 0.6 is 0 Å². The van der Waals surface area contributed by atoms with Gasteiger partial charge in [0, 0.05) is 18.7 Å². The molecule has 5 nitrogen and oxygen atoms in total. The molecule has 0 radical (unpaired) electrons. The van der Waals surface area contributed by atoms with Gasteiger partial charge in [-0.25, -0.2) is 4.68 Å². The van der Waals surface area contributed by atoms with Crippen LogP contribution in [0, 0.1) is 6.92 Å². The number of benzene rings is 1. The fraction of sp³-hybridized carbons (Fsp3) is 0.231. The number of amides is 1. The van der Waals surface area contributed by atoms with E-state index in [1.807, 2.05) is 19.1 Å². The maximum absolute atomic E-state index is 11.8. The number of aromatic hydroxyl groups is 1. The Labute approximate surface area is 105 Å². The van der Waals surface area contributed by atoms with E-state index >= 15 is 0 Å². The van der Waals surface area contributed by atoms with Crippen molar-refractivity contribution in [3.63, 3.8) is 0 Å². The van der Waals surface area contributed by atoms with Gasteiger partial charge in [0.25, 0.3) is 5.91 Å². The van der Waals surface area contributed by atoms with Crippen LogP contribution in [0.2, 0.25) is 0 Å². The third kappa shape index (κ3) is 2.68. The number of aryl methyl sites for hydroxylation is 2. The Balaban J connectivity index is 1.98. The minimum Gasteiger partial charge on any atom is -0.493 e. The van der Waals surface area contributed by atoms with E-state index in [1.165, 1.54) is 10.7 Å². The summed E-state index contributed by atoms with van der Waals surface area (Å²) in [5.74, 6) is -0.0743. The molecule has 94 valence electrons. The van der Waals surface area contributed by atoms with Crippen molar-refractivity contribution >= 4 is 5.91 Å². The van der Waals surface area contributed by atoms with Gasteiger partial charge >= 0.3 is 0 Å². The minimum atomic E-state index is -0.153. The van der Waals surface area contributed by atoms with Crippen LogP contribution in [0.15, 0.2) is 30.3 Å². The molecule has 2 aromatic rings. The van der Waals surface area contributed by atoms with Crippen LogP contribution in [0.25, 0.3) is 0 Å². The Morgan fingerprint density at radius 1 is 1.39 bits per heavy atom. The van der Waals surface area contributed by atoms with Gasteiger partial charge in [0.2, 0.25) is 5.88 Å². The van der Waals surface area contributed by atoms with E-state index in [9.17, 15) is 9.90 Å². The van der Waals surface area contributed by atoms with Gasteiger partial charge in [-0.3, -0.25) is 4.79 Å². The van der Waals surface area contributed by atoms with Gasteiger partial charge in [0.1, 0.15) is 0 Å². The van der Waals surface area contributed by atoms with Crippen LogP contribution in [0.4, 0.5) is 0 Å². The predicted molar refractivity (Wildman–Crippen MR) is 67.2 cm³/mol. The molecule has 0 unspecified atom stereocenters. The van der Waals surface area contributed by atoms with Crippen molar-refractivity contribution in [1.82, 2.24) is 15.1 Å². The van der Waals surface area contributed by atoms with Crippen molar-refractivity contribution in [2.75, 3.05) is 0 Å². The summed E-state index contributed by atoms with van der Waals surface area (Å²) in [6, 6.07) is 8.86. The van der Waals surface area contributed by atoms with Gasteiger partial charge in [-0.15, -0.1) is 0 Å². The largest absolute Gasteiger partial charge is 0.493 e. The maximum Gasteiger partial charge on any atom is 0.251 e. The van der Waals surface area contributed by atoms with Gasteiger partial charge in [-0.1, -0.05) is 17.7 Å². The van der Waals surface area contributed by atoms with Gasteiger partial charge < -0.3 is 10.4 Å². The molecule has 0 atom stereocenters. The average Bonchev–Trinajstić information content (AvgIpc) is 2.67. The van der Waals surface area contributed by atoms with Crippen molar-refractivity contribution in [3.05, 3.63) is 47.2 Å². The van der Waals surface area contributed by atoms with Crippen LogP contribution < -0.4 is 5.32 Å². The van der Waals surface area contributed by atoms with Crippen LogP contribution in [0.1, 0.15) is 21.6 Å². The Kier molecular flexibility index (Phi) is 3.32. The summed E-state index contributed by atoms with van der Waals surface area (Å²) < 4.78 is 1.35. The summed E-state index contributed by atoms with van der Waals surface area (Å²) in [5, 5.41) is 16.1. The molecule has 18 heavy (non-hydrogen) atoms. The van der Waals surface area contributed by atoms with Crippen molar-refractivity contribution < 1.29 is 9.90 Å². The van der Waals surface area contributed by atoms with Crippen molar-refractivity contribution in [3.8, 4) is 5.88 Å². The standard InChI is InChI=1S/C13H15N3O2/c1-9-3-5-10(6-4-9)13(18)14-8-11-7-12(17)16(2)15-11/h3-7,17H,8H2,1-2H3,(H,14,18). The molecule has 0 spiro atoms. The van der Waals surface area contributed by atoms with E-state index in [4.69, 9.17) is 0 Å². The first kappa shape index (κ1) is 12.2. The quantitative estimate of drug-likeness (QED) is 0.858. The first-order chi connectivity index (χ1) is 8.56. The zero-order valence-corrected chi connectivity index (χ0v) is 10.3. The second-order valence-electron chi connectivity index (χ2n) is 4.17. The average molecular weight is 245 g/mol. The highest BCUT2D eigenvalue weighted by Crippen LogP contribution is 2.09. The Bertz CT molecular complexity index is 539. The molecule has 0 bridgehead atoms. The maximum atomic E-state index is 11.8. The van der Waals surface area contributed by atoms with Crippen LogP contribution in [0.3, 0.4) is 0 Å². The molecular weight excluding hydrogens is 230 g/mol. The number of aromatic nitrogens is 2. The molecule has 0 saturated heterocycles. The number of hydrogen-bond donors (Lipinski definition) is 2. The zero-order valence-electron chi connectivity index (χ0n) is 10.3. The molecule has 1 amide bonds. The highest BCUT2D eigenvalue weighted by atomic mass is 16.3. The van der Waals surface area contributed by atoms with Crippen LogP contribution in [0.5, 0.6) is 5.88 Å². The fourth-order valence-electron chi connectivity index (χ4n) is 1.58. The molecule has 2 N–H and O–H groups in total. The second kappa shape index (κ2) is 4.91. The number of carbonyl (C=O) groups is 1. The molecule has 0 aliphatic rings. The summed E-state index contributed by atoms with van der Waals surface area (Å²) in [6.45, 7) is 2.26. The lowest BCUT2D eigenvalue weighted by Gasteiger charge is -2.03. The molecular formula is C13H15N3O2. The van der Waals surface area contributed by atoms with E-state index in [0.29, 0.717) is 17.8 Å². The number of nitrogens with zero attached hydrogens (tertiary/aromatic N) is 2. The van der Waals surface area contributed by atoms with Crippen molar-refractivity contribution in [2.45, 2.75) is 13.5 Å². The van der Waals surface area contributed by atoms with Crippen molar-refractivity contribution in [1.29, 1.82) is 0 Å². The lowest BCUT2D eigenvalue weighted by molar-refractivity contribution is 0.0950. The normalized spacial score (nSPS) is 10.3. The molecule has 2 rings (SSSR count). The minimum absolute atomic E-state index is 0.0783. The summed E-state index contributed by atoms with van der Waals surface area (Å²) in [4.78, 5) is 11.8. The van der Waals surface area contributed by atoms with E-state index in [-0.39, 0.29) is 11.8 Å². The van der Waals surface area contributed by atoms with Gasteiger partial charge in [-0.05, 0) is 19.1 Å². The monoisotopic (exact) mass is 245 g/mol. The van der Waals surface area contributed by atoms with Gasteiger partial charge in [0.05, 0.1) is 12.2 Å². The number of carbonyl (C=O) groups excluding carboxylic acids is 1. The first-order valence-corrected chi connectivity index (χ1v) is 5.63. The van der Waals surface area contributed by atoms with E-state index < -0.39 is 0 Å². The summed E-state index contributed by atoms with van der Waals surface area (Å²) in [5.41, 5.74) is 2.34. The fourth-order valence-corrected chi connectivity index (χ4v) is 1.58. The summed E-state index contributed by atoms with van der Waals surface area (Å²) in [7, 11) is 1.64. The van der Waals surface area contributed by atoms with Gasteiger partial charge in [-0.2, -0.15) is 5.10 Å². The zero-order chi connectivity index (χ0) is 13.1. The van der Waals surface area contributed by atoms with Crippen LogP contribution in [-0.4, -0.2) is 20.8 Å². The smallest absolute Gasteiger partial charge is 0.251 e. The Hall–Kier alpha value is -2.30. The van der Waals surface area contributed by atoms with Crippen molar-refractivity contribution in [2.24, 2.45) is 7.05 Å². The Morgan fingerprint density at radius 2 is 2.06 bits per heavy atom. The molecule has 0 fully saturated rings. The summed E-state index contributed by atoms with van der Waals surface area (Å²) in [6.07, 6.45) is 0. The Morgan fingerprint density at radius 3 is 2.61 bits per heavy atom. The molecule has 5 heteroatoms. The van der Waals surface area contributed by atoms with E-state index in [0.717, 1.165) is 5.56 Å². The highest BCUT2D eigenvalue weighted by molar-refractivity contribution is 5.94.